The van der Waals surface area contributed by atoms with Gasteiger partial charge < -0.3 is 43.0 Å². The molecule has 0 aliphatic heterocycles. The summed E-state index contributed by atoms with van der Waals surface area (Å²) in [4.78, 5) is 35.7. The summed E-state index contributed by atoms with van der Waals surface area (Å²) in [6.07, 6.45) is 7.30. The van der Waals surface area contributed by atoms with Crippen LogP contribution in [-0.2, 0) is 35.2 Å². The van der Waals surface area contributed by atoms with E-state index >= 15 is 0 Å². The van der Waals surface area contributed by atoms with Crippen LogP contribution in [0.15, 0.2) is 109 Å². The van der Waals surface area contributed by atoms with Gasteiger partial charge in [-0.1, -0.05) is 44.3 Å². The van der Waals surface area contributed by atoms with E-state index in [0.717, 1.165) is 53.5 Å². The lowest BCUT2D eigenvalue weighted by molar-refractivity contribution is -0.150. The molecule has 1 atom stereocenters. The maximum Gasteiger partial charge on any atom is 0.422 e. The Morgan fingerprint density at radius 2 is 1.23 bits per heavy atom. The molecule has 4 aromatic rings. The molecule has 0 spiro atoms. The highest BCUT2D eigenvalue weighted by Crippen LogP contribution is 2.47. The standard InChI is InChI=1S/C54H59F3O12/c1-36(2)52(60)66-27-12-8-7-11-26-65-49-22-15-40(31-50(49)62-5)24-29-63-35-68-42-17-19-44-45-20-18-43(33-47(45)37(3)46(44)32-42)69-51(59)23-16-39-14-21-48(41(30-39)34-58)64-25-10-6-9-13-28-67-53(61)38(4)54(55,56)57/h14-24,29-33,37,58H,1,4,6-13,25-28,34-35H2,2-3,5H3. The van der Waals surface area contributed by atoms with Crippen molar-refractivity contribution in [3.63, 3.8) is 0 Å². The summed E-state index contributed by atoms with van der Waals surface area (Å²) in [7, 11) is 1.59. The number of aliphatic hydroxyl groups excluding tert-OH is 1. The zero-order chi connectivity index (χ0) is 49.8. The number of hydrogen-bond acceptors (Lipinski definition) is 12. The van der Waals surface area contributed by atoms with Gasteiger partial charge in [0.15, 0.2) is 11.5 Å². The lowest BCUT2D eigenvalue weighted by Gasteiger charge is -2.12. The van der Waals surface area contributed by atoms with E-state index in [0.29, 0.717) is 91.0 Å². The first-order valence-electron chi connectivity index (χ1n) is 22.7. The van der Waals surface area contributed by atoms with Gasteiger partial charge in [-0.2, -0.15) is 13.2 Å². The van der Waals surface area contributed by atoms with Crippen molar-refractivity contribution in [2.45, 2.75) is 83.9 Å². The first kappa shape index (κ1) is 53.0. The largest absolute Gasteiger partial charge is 0.493 e. The van der Waals surface area contributed by atoms with Crippen LogP contribution in [0.3, 0.4) is 0 Å². The van der Waals surface area contributed by atoms with Crippen LogP contribution in [-0.4, -0.2) is 69.5 Å². The van der Waals surface area contributed by atoms with Crippen LogP contribution < -0.4 is 23.7 Å². The Balaban J connectivity index is 1.01. The van der Waals surface area contributed by atoms with Crippen LogP contribution in [0.2, 0.25) is 0 Å². The van der Waals surface area contributed by atoms with Crippen LogP contribution in [0.1, 0.15) is 98.9 Å². The van der Waals surface area contributed by atoms with Crippen molar-refractivity contribution in [3.05, 3.63) is 137 Å². The Morgan fingerprint density at radius 3 is 1.84 bits per heavy atom. The number of alkyl halides is 3. The second kappa shape index (κ2) is 26.5. The molecule has 5 rings (SSSR count). The van der Waals surface area contributed by atoms with Gasteiger partial charge in [0.1, 0.15) is 22.8 Å². The van der Waals surface area contributed by atoms with E-state index in [1.165, 1.54) is 6.08 Å². The number of fused-ring (bicyclic) bond motifs is 3. The van der Waals surface area contributed by atoms with Crippen LogP contribution in [0.25, 0.3) is 23.3 Å². The predicted molar refractivity (Wildman–Crippen MR) is 255 cm³/mol. The number of rotatable bonds is 28. The molecule has 1 aliphatic carbocycles. The number of esters is 3. The topological polar surface area (TPSA) is 145 Å². The van der Waals surface area contributed by atoms with Crippen LogP contribution >= 0.6 is 0 Å². The summed E-state index contributed by atoms with van der Waals surface area (Å²) >= 11 is 0. The SMILES string of the molecule is C=C(C)C(=O)OCCCCCCOc1ccc(C=COCOc2ccc3c(c2)C(C)c2cc(OC(=O)C=Cc4ccc(OCCCCCCOC(=O)C(=C)C(F)(F)F)c(CO)c4)ccc2-3)cc1OC. The fraction of sp³-hybridized carbons (Fsp3) is 0.352. The van der Waals surface area contributed by atoms with E-state index in [-0.39, 0.29) is 31.9 Å². The number of hydrogen-bond donors (Lipinski definition) is 1. The molecule has 0 radical (unpaired) electrons. The summed E-state index contributed by atoms with van der Waals surface area (Å²) in [5.74, 6) is 0.385. The Labute approximate surface area is 400 Å². The summed E-state index contributed by atoms with van der Waals surface area (Å²) < 4.78 is 81.8. The van der Waals surface area contributed by atoms with Crippen molar-refractivity contribution in [2.24, 2.45) is 0 Å². The molecule has 0 saturated heterocycles. The molecule has 0 aromatic heterocycles. The minimum atomic E-state index is -4.81. The second-order valence-electron chi connectivity index (χ2n) is 16.2. The Bertz CT molecular complexity index is 2470. The number of carbonyl (C=O) groups is 3. The van der Waals surface area contributed by atoms with Crippen molar-refractivity contribution < 1.29 is 70.6 Å². The van der Waals surface area contributed by atoms with Gasteiger partial charge in [-0.25, -0.2) is 14.4 Å². The lowest BCUT2D eigenvalue weighted by Crippen LogP contribution is -2.21. The molecule has 1 N–H and O–H groups in total. The quantitative estimate of drug-likeness (QED) is 0.0144. The predicted octanol–water partition coefficient (Wildman–Crippen LogP) is 11.6. The first-order chi connectivity index (χ1) is 33.2. The lowest BCUT2D eigenvalue weighted by atomic mass is 9.99. The molecule has 0 heterocycles. The third kappa shape index (κ3) is 16.3. The summed E-state index contributed by atoms with van der Waals surface area (Å²) in [6, 6.07) is 22.2. The minimum absolute atomic E-state index is 0.00509. The molecule has 0 bridgehead atoms. The van der Waals surface area contributed by atoms with Crippen molar-refractivity contribution in [2.75, 3.05) is 40.3 Å². The van der Waals surface area contributed by atoms with Gasteiger partial charge in [-0.05, 0) is 152 Å². The number of carbonyl (C=O) groups excluding carboxylic acids is 3. The molecule has 4 aromatic carbocycles. The van der Waals surface area contributed by atoms with Gasteiger partial charge in [-0.15, -0.1) is 0 Å². The molecule has 12 nitrogen and oxygen atoms in total. The Kier molecular flexibility index (Phi) is 20.4. The van der Waals surface area contributed by atoms with Gasteiger partial charge >= 0.3 is 24.1 Å². The fourth-order valence-electron chi connectivity index (χ4n) is 7.20. The summed E-state index contributed by atoms with van der Waals surface area (Å²) in [6.45, 7) is 10.8. The van der Waals surface area contributed by atoms with Gasteiger partial charge in [0.25, 0.3) is 0 Å². The van der Waals surface area contributed by atoms with Crippen molar-refractivity contribution >= 4 is 30.1 Å². The number of halogens is 3. The molecule has 69 heavy (non-hydrogen) atoms. The van der Waals surface area contributed by atoms with Crippen molar-refractivity contribution in [3.8, 4) is 39.9 Å². The highest BCUT2D eigenvalue weighted by molar-refractivity contribution is 5.90. The van der Waals surface area contributed by atoms with E-state index in [1.54, 1.807) is 56.7 Å². The number of aliphatic hydroxyl groups is 1. The third-order valence-electron chi connectivity index (χ3n) is 11.0. The molecule has 0 fully saturated rings. The van der Waals surface area contributed by atoms with Crippen LogP contribution in [0, 0.1) is 0 Å². The Hall–Kier alpha value is -7.00. The molecule has 0 saturated carbocycles. The van der Waals surface area contributed by atoms with Crippen LogP contribution in [0.4, 0.5) is 13.2 Å². The average molecular weight is 957 g/mol. The molecular weight excluding hydrogens is 898 g/mol. The van der Waals surface area contributed by atoms with E-state index in [1.807, 2.05) is 48.5 Å². The smallest absolute Gasteiger partial charge is 0.422 e. The van der Waals surface area contributed by atoms with E-state index in [9.17, 15) is 32.7 Å². The maximum absolute atomic E-state index is 12.9. The minimum Gasteiger partial charge on any atom is -0.493 e. The molecular formula is C54H59F3O12. The zero-order valence-corrected chi connectivity index (χ0v) is 39.2. The molecule has 0 amide bonds. The first-order valence-corrected chi connectivity index (χ1v) is 22.7. The van der Waals surface area contributed by atoms with Crippen LogP contribution in [0.5, 0.6) is 28.7 Å². The van der Waals surface area contributed by atoms with Crippen molar-refractivity contribution in [1.29, 1.82) is 0 Å². The Morgan fingerprint density at radius 1 is 0.667 bits per heavy atom. The zero-order valence-electron chi connectivity index (χ0n) is 39.2. The number of benzene rings is 4. The van der Waals surface area contributed by atoms with E-state index in [2.05, 4.69) is 24.8 Å². The van der Waals surface area contributed by atoms with Gasteiger partial charge in [0, 0.05) is 23.1 Å². The number of ether oxygens (including phenoxy) is 8. The van der Waals surface area contributed by atoms with Crippen molar-refractivity contribution in [1.82, 2.24) is 0 Å². The van der Waals surface area contributed by atoms with E-state index < -0.39 is 23.7 Å². The molecule has 15 heteroatoms. The fourth-order valence-corrected chi connectivity index (χ4v) is 7.20. The second-order valence-corrected chi connectivity index (χ2v) is 16.2. The third-order valence-corrected chi connectivity index (χ3v) is 11.0. The number of methoxy groups -OCH3 is 1. The molecule has 1 aliphatic rings. The normalized spacial score (nSPS) is 12.8. The van der Waals surface area contributed by atoms with Gasteiger partial charge in [0.05, 0.1) is 46.4 Å². The molecule has 1 unspecified atom stereocenters. The number of unbranched alkanes of at least 4 members (excludes halogenated alkanes) is 6. The highest BCUT2D eigenvalue weighted by Gasteiger charge is 2.38. The maximum atomic E-state index is 12.9. The summed E-state index contributed by atoms with van der Waals surface area (Å²) in [5.41, 5.74) is 5.09. The van der Waals surface area contributed by atoms with Gasteiger partial charge in [0.2, 0.25) is 6.79 Å². The highest BCUT2D eigenvalue weighted by atomic mass is 19.4. The van der Waals surface area contributed by atoms with E-state index in [4.69, 9.17) is 33.2 Å². The molecule has 368 valence electrons. The van der Waals surface area contributed by atoms with Gasteiger partial charge in [-0.3, -0.25) is 0 Å². The monoisotopic (exact) mass is 956 g/mol. The summed E-state index contributed by atoms with van der Waals surface area (Å²) in [5, 5.41) is 9.95. The average Bonchev–Trinajstić information content (AvgIpc) is 3.61.